The van der Waals surface area contributed by atoms with E-state index in [0.717, 1.165) is 17.4 Å². The normalized spacial score (nSPS) is 18.2. The van der Waals surface area contributed by atoms with Gasteiger partial charge in [-0.1, -0.05) is 29.8 Å². The molecule has 21 heavy (non-hydrogen) atoms. The van der Waals surface area contributed by atoms with Crippen LogP contribution in [0.5, 0.6) is 0 Å². The molecule has 1 aliphatic heterocycles. The van der Waals surface area contributed by atoms with E-state index < -0.39 is 14.6 Å². The molecule has 0 aliphatic carbocycles. The van der Waals surface area contributed by atoms with E-state index in [2.05, 4.69) is 10.6 Å². The third-order valence-electron chi connectivity index (χ3n) is 4.07. The topological polar surface area (TPSA) is 75.3 Å². The van der Waals surface area contributed by atoms with Crippen molar-refractivity contribution in [1.82, 2.24) is 10.6 Å². The summed E-state index contributed by atoms with van der Waals surface area (Å²) in [6, 6.07) is 7.81. The molecule has 1 fully saturated rings. The summed E-state index contributed by atoms with van der Waals surface area (Å²) >= 11 is 0. The number of carbonyl (C=O) groups is 1. The van der Waals surface area contributed by atoms with Gasteiger partial charge >= 0.3 is 0 Å². The summed E-state index contributed by atoms with van der Waals surface area (Å²) in [6.07, 6.45) is 1.81. The number of benzene rings is 1. The van der Waals surface area contributed by atoms with Crippen LogP contribution in [0.25, 0.3) is 0 Å². The van der Waals surface area contributed by atoms with Crippen LogP contribution in [0.4, 0.5) is 0 Å². The number of nitrogens with one attached hydrogen (secondary N) is 2. The van der Waals surface area contributed by atoms with Crippen molar-refractivity contribution >= 4 is 15.7 Å². The fourth-order valence-electron chi connectivity index (χ4n) is 2.76. The van der Waals surface area contributed by atoms with Crippen molar-refractivity contribution in [2.24, 2.45) is 0 Å². The highest BCUT2D eigenvalue weighted by atomic mass is 32.2. The number of aryl methyl sites for hydroxylation is 1. The first-order valence-corrected chi connectivity index (χ1v) is 8.98. The van der Waals surface area contributed by atoms with Gasteiger partial charge in [0.15, 0.2) is 14.6 Å². The third-order valence-corrected chi connectivity index (χ3v) is 6.08. The standard InChI is InChI=1S/C15H22N2O3S/c1-12-4-3-5-13(10-12)11-17-14(18)15(21(2,19)20)6-8-16-9-7-15/h3-5,10,16H,6-9,11H2,1-2H3,(H,17,18). The zero-order valence-corrected chi connectivity index (χ0v) is 13.3. The van der Waals surface area contributed by atoms with Crippen molar-refractivity contribution < 1.29 is 13.2 Å². The second-order valence-electron chi connectivity index (χ2n) is 5.69. The quantitative estimate of drug-likeness (QED) is 0.862. The monoisotopic (exact) mass is 310 g/mol. The van der Waals surface area contributed by atoms with Crippen molar-refractivity contribution in [1.29, 1.82) is 0 Å². The van der Waals surface area contributed by atoms with Crippen LogP contribution in [0, 0.1) is 6.92 Å². The van der Waals surface area contributed by atoms with Crippen molar-refractivity contribution in [3.63, 3.8) is 0 Å². The average molecular weight is 310 g/mol. The van der Waals surface area contributed by atoms with Crippen LogP contribution in [0.1, 0.15) is 24.0 Å². The molecule has 116 valence electrons. The van der Waals surface area contributed by atoms with E-state index in [9.17, 15) is 13.2 Å². The number of sulfone groups is 1. The molecule has 2 N–H and O–H groups in total. The summed E-state index contributed by atoms with van der Waals surface area (Å²) in [5.41, 5.74) is 2.09. The zero-order valence-electron chi connectivity index (χ0n) is 12.5. The maximum Gasteiger partial charge on any atom is 0.241 e. The number of carbonyl (C=O) groups excluding carboxylic acids is 1. The smallest absolute Gasteiger partial charge is 0.241 e. The van der Waals surface area contributed by atoms with Crippen molar-refractivity contribution in [2.45, 2.75) is 31.1 Å². The Morgan fingerprint density at radius 2 is 2.00 bits per heavy atom. The Balaban J connectivity index is 2.13. The highest BCUT2D eigenvalue weighted by molar-refractivity contribution is 7.92. The van der Waals surface area contributed by atoms with E-state index in [1.165, 1.54) is 0 Å². The molecule has 1 aromatic rings. The number of rotatable bonds is 4. The zero-order chi connectivity index (χ0) is 15.5. The van der Waals surface area contributed by atoms with E-state index in [0.29, 0.717) is 32.5 Å². The molecule has 5 nitrogen and oxygen atoms in total. The summed E-state index contributed by atoms with van der Waals surface area (Å²) in [5, 5.41) is 5.90. The molecule has 0 atom stereocenters. The summed E-state index contributed by atoms with van der Waals surface area (Å²) in [5.74, 6) is -0.381. The van der Waals surface area contributed by atoms with Crippen LogP contribution in [0.15, 0.2) is 24.3 Å². The lowest BCUT2D eigenvalue weighted by Crippen LogP contribution is -2.57. The summed E-state index contributed by atoms with van der Waals surface area (Å²) in [7, 11) is -3.45. The van der Waals surface area contributed by atoms with Gasteiger partial charge < -0.3 is 10.6 Å². The van der Waals surface area contributed by atoms with E-state index in [-0.39, 0.29) is 5.91 Å². The molecule has 1 amide bonds. The lowest BCUT2D eigenvalue weighted by molar-refractivity contribution is -0.124. The summed E-state index contributed by atoms with van der Waals surface area (Å²) in [6.45, 7) is 3.43. The first-order chi connectivity index (χ1) is 9.85. The molecular formula is C15H22N2O3S. The molecule has 1 aromatic carbocycles. The van der Waals surface area contributed by atoms with Crippen LogP contribution >= 0.6 is 0 Å². The number of hydrogen-bond donors (Lipinski definition) is 2. The lowest BCUT2D eigenvalue weighted by Gasteiger charge is -2.34. The third kappa shape index (κ3) is 3.44. The van der Waals surface area contributed by atoms with E-state index >= 15 is 0 Å². The predicted octanol–water partition coefficient (Wildman–Crippen LogP) is 0.778. The van der Waals surface area contributed by atoms with Crippen LogP contribution in [-0.2, 0) is 21.2 Å². The van der Waals surface area contributed by atoms with Crippen LogP contribution < -0.4 is 10.6 Å². The molecule has 1 aliphatic rings. The first kappa shape index (κ1) is 16.0. The lowest BCUT2D eigenvalue weighted by atomic mass is 9.95. The summed E-state index contributed by atoms with van der Waals surface area (Å²) < 4.78 is 23.0. The van der Waals surface area contributed by atoms with Gasteiger partial charge in [-0.25, -0.2) is 8.42 Å². The minimum atomic E-state index is -3.45. The molecule has 1 saturated heterocycles. The Kier molecular flexibility index (Phi) is 4.68. The van der Waals surface area contributed by atoms with Gasteiger partial charge in [-0.2, -0.15) is 0 Å². The number of amides is 1. The van der Waals surface area contributed by atoms with Crippen LogP contribution in [0.3, 0.4) is 0 Å². The molecule has 0 radical (unpaired) electrons. The highest BCUT2D eigenvalue weighted by Crippen LogP contribution is 2.28. The van der Waals surface area contributed by atoms with Gasteiger partial charge in [-0.15, -0.1) is 0 Å². The molecule has 0 aromatic heterocycles. The largest absolute Gasteiger partial charge is 0.351 e. The van der Waals surface area contributed by atoms with Crippen molar-refractivity contribution in [3.8, 4) is 0 Å². The molecule has 0 unspecified atom stereocenters. The second-order valence-corrected chi connectivity index (χ2v) is 8.01. The second kappa shape index (κ2) is 6.15. The van der Waals surface area contributed by atoms with Gasteiger partial charge in [0.1, 0.15) is 0 Å². The Hall–Kier alpha value is -1.40. The van der Waals surface area contributed by atoms with Crippen LogP contribution in [-0.4, -0.2) is 38.4 Å². The van der Waals surface area contributed by atoms with Crippen molar-refractivity contribution in [2.75, 3.05) is 19.3 Å². The average Bonchev–Trinajstić information content (AvgIpc) is 2.44. The molecule has 0 saturated carbocycles. The fraction of sp³-hybridized carbons (Fsp3) is 0.533. The van der Waals surface area contributed by atoms with Gasteiger partial charge in [-0.3, -0.25) is 4.79 Å². The van der Waals surface area contributed by atoms with Crippen LogP contribution in [0.2, 0.25) is 0 Å². The Labute approximate surface area is 126 Å². The Morgan fingerprint density at radius 1 is 1.33 bits per heavy atom. The fourth-order valence-corrected chi connectivity index (χ4v) is 4.12. The van der Waals surface area contributed by atoms with Gasteiger partial charge in [-0.05, 0) is 38.4 Å². The van der Waals surface area contributed by atoms with E-state index in [1.54, 1.807) is 0 Å². The molecule has 0 bridgehead atoms. The number of piperidine rings is 1. The maximum absolute atomic E-state index is 12.5. The SMILES string of the molecule is Cc1cccc(CNC(=O)C2(S(C)(=O)=O)CCNCC2)c1. The van der Waals surface area contributed by atoms with E-state index in [4.69, 9.17) is 0 Å². The molecule has 0 spiro atoms. The summed E-state index contributed by atoms with van der Waals surface area (Å²) in [4.78, 5) is 12.5. The van der Waals surface area contributed by atoms with Gasteiger partial charge in [0, 0.05) is 12.8 Å². The Morgan fingerprint density at radius 3 is 2.57 bits per heavy atom. The van der Waals surface area contributed by atoms with Gasteiger partial charge in [0.05, 0.1) is 0 Å². The molecule has 1 heterocycles. The predicted molar refractivity (Wildman–Crippen MR) is 82.7 cm³/mol. The molecular weight excluding hydrogens is 288 g/mol. The van der Waals surface area contributed by atoms with Gasteiger partial charge in [0.25, 0.3) is 0 Å². The minimum Gasteiger partial charge on any atom is -0.351 e. The maximum atomic E-state index is 12.5. The van der Waals surface area contributed by atoms with Crippen molar-refractivity contribution in [3.05, 3.63) is 35.4 Å². The highest BCUT2D eigenvalue weighted by Gasteiger charge is 2.48. The molecule has 2 rings (SSSR count). The number of hydrogen-bond acceptors (Lipinski definition) is 4. The Bertz CT molecular complexity index is 620. The molecule has 6 heteroatoms. The minimum absolute atomic E-state index is 0.325. The first-order valence-electron chi connectivity index (χ1n) is 7.09. The van der Waals surface area contributed by atoms with E-state index in [1.807, 2.05) is 31.2 Å². The van der Waals surface area contributed by atoms with Gasteiger partial charge in [0.2, 0.25) is 5.91 Å².